The van der Waals surface area contributed by atoms with Crippen molar-refractivity contribution in [3.8, 4) is 0 Å². The summed E-state index contributed by atoms with van der Waals surface area (Å²) < 4.78 is 0. The lowest BCUT2D eigenvalue weighted by Crippen LogP contribution is -2.25. The first kappa shape index (κ1) is 8.62. The molecule has 0 aromatic carbocycles. The summed E-state index contributed by atoms with van der Waals surface area (Å²) in [5, 5.41) is 17.0. The standard InChI is InChI=1S/C6H12O3/c1-4(2)6(9-8)5(3)7/h5-8H,1H2,2-3H3/t5-,6-/m0/s1. The van der Waals surface area contributed by atoms with Crippen LogP contribution in [0.3, 0.4) is 0 Å². The molecule has 0 heterocycles. The molecule has 0 radical (unpaired) electrons. The average Bonchev–Trinajstić information content (AvgIpc) is 1.64. The van der Waals surface area contributed by atoms with Crippen LogP contribution in [0.25, 0.3) is 0 Å². The minimum Gasteiger partial charge on any atom is -0.390 e. The van der Waals surface area contributed by atoms with E-state index in [0.29, 0.717) is 5.57 Å². The van der Waals surface area contributed by atoms with E-state index in [1.54, 1.807) is 6.92 Å². The first-order valence-corrected chi connectivity index (χ1v) is 2.73. The van der Waals surface area contributed by atoms with Gasteiger partial charge in [0.2, 0.25) is 0 Å². The van der Waals surface area contributed by atoms with Crippen LogP contribution in [0.2, 0.25) is 0 Å². The Morgan fingerprint density at radius 1 is 1.67 bits per heavy atom. The molecule has 2 atom stereocenters. The van der Waals surface area contributed by atoms with Gasteiger partial charge in [0, 0.05) is 0 Å². The Morgan fingerprint density at radius 3 is 2.11 bits per heavy atom. The molecule has 54 valence electrons. The van der Waals surface area contributed by atoms with Crippen molar-refractivity contribution < 1.29 is 15.3 Å². The van der Waals surface area contributed by atoms with E-state index in [9.17, 15) is 0 Å². The van der Waals surface area contributed by atoms with E-state index in [1.165, 1.54) is 6.92 Å². The predicted molar refractivity (Wildman–Crippen MR) is 34.0 cm³/mol. The molecule has 0 bridgehead atoms. The summed E-state index contributed by atoms with van der Waals surface area (Å²) >= 11 is 0. The Kier molecular flexibility index (Phi) is 3.46. The quantitative estimate of drug-likeness (QED) is 0.339. The minimum atomic E-state index is -0.715. The SMILES string of the molecule is C=C(C)[C@H](OO)[C@H](C)O. The second kappa shape index (κ2) is 3.61. The maximum atomic E-state index is 8.84. The molecule has 3 nitrogen and oxygen atoms in total. The maximum Gasteiger partial charge on any atom is 0.139 e. The van der Waals surface area contributed by atoms with E-state index < -0.39 is 12.2 Å². The molecule has 0 aliphatic carbocycles. The zero-order chi connectivity index (χ0) is 7.44. The van der Waals surface area contributed by atoms with Crippen molar-refractivity contribution in [1.82, 2.24) is 0 Å². The molecule has 0 aliphatic rings. The molecule has 0 spiro atoms. The molecule has 0 rings (SSSR count). The lowest BCUT2D eigenvalue weighted by atomic mass is 10.1. The van der Waals surface area contributed by atoms with Gasteiger partial charge < -0.3 is 5.11 Å². The van der Waals surface area contributed by atoms with Crippen LogP contribution in [0, 0.1) is 0 Å². The monoisotopic (exact) mass is 132 g/mol. The number of aliphatic hydroxyl groups excluding tert-OH is 1. The van der Waals surface area contributed by atoms with Crippen LogP contribution < -0.4 is 0 Å². The van der Waals surface area contributed by atoms with E-state index in [2.05, 4.69) is 11.5 Å². The summed E-state index contributed by atoms with van der Waals surface area (Å²) in [5.74, 6) is 0. The van der Waals surface area contributed by atoms with E-state index in [0.717, 1.165) is 0 Å². The van der Waals surface area contributed by atoms with Gasteiger partial charge in [-0.05, 0) is 19.4 Å². The van der Waals surface area contributed by atoms with Gasteiger partial charge in [-0.15, -0.1) is 0 Å². The number of rotatable bonds is 3. The Hall–Kier alpha value is -0.380. The topological polar surface area (TPSA) is 49.7 Å². The first-order chi connectivity index (χ1) is 4.09. The smallest absolute Gasteiger partial charge is 0.139 e. The lowest BCUT2D eigenvalue weighted by molar-refractivity contribution is -0.284. The summed E-state index contributed by atoms with van der Waals surface area (Å²) in [6.45, 7) is 6.70. The van der Waals surface area contributed by atoms with Crippen molar-refractivity contribution in [1.29, 1.82) is 0 Å². The van der Waals surface area contributed by atoms with Gasteiger partial charge >= 0.3 is 0 Å². The van der Waals surface area contributed by atoms with Crippen LogP contribution in [0.1, 0.15) is 13.8 Å². The normalized spacial score (nSPS) is 16.9. The van der Waals surface area contributed by atoms with Crippen LogP contribution in [-0.4, -0.2) is 22.6 Å². The number of hydrogen-bond donors (Lipinski definition) is 2. The van der Waals surface area contributed by atoms with Crippen LogP contribution in [0.4, 0.5) is 0 Å². The highest BCUT2D eigenvalue weighted by atomic mass is 17.1. The van der Waals surface area contributed by atoms with Crippen molar-refractivity contribution in [2.75, 3.05) is 0 Å². The molecule has 0 aromatic heterocycles. The summed E-state index contributed by atoms with van der Waals surface area (Å²) in [6, 6.07) is 0. The molecule has 0 unspecified atom stereocenters. The van der Waals surface area contributed by atoms with Crippen molar-refractivity contribution in [3.05, 3.63) is 12.2 Å². The fourth-order valence-electron chi connectivity index (χ4n) is 0.590. The highest BCUT2D eigenvalue weighted by Crippen LogP contribution is 2.06. The van der Waals surface area contributed by atoms with Crippen molar-refractivity contribution in [3.63, 3.8) is 0 Å². The van der Waals surface area contributed by atoms with Crippen molar-refractivity contribution in [2.24, 2.45) is 0 Å². The summed E-state index contributed by atoms with van der Waals surface area (Å²) in [4.78, 5) is 3.92. The third kappa shape index (κ3) is 2.60. The Balaban J connectivity index is 3.83. The highest BCUT2D eigenvalue weighted by molar-refractivity contribution is 4.99. The molecular weight excluding hydrogens is 120 g/mol. The molecule has 0 saturated carbocycles. The van der Waals surface area contributed by atoms with Crippen molar-refractivity contribution in [2.45, 2.75) is 26.1 Å². The maximum absolute atomic E-state index is 8.84. The molecule has 3 heteroatoms. The highest BCUT2D eigenvalue weighted by Gasteiger charge is 2.15. The van der Waals surface area contributed by atoms with E-state index >= 15 is 0 Å². The van der Waals surface area contributed by atoms with Gasteiger partial charge in [0.05, 0.1) is 6.10 Å². The zero-order valence-electron chi connectivity index (χ0n) is 5.66. The summed E-state index contributed by atoms with van der Waals surface area (Å²) in [5.41, 5.74) is 0.604. The Labute approximate surface area is 54.5 Å². The van der Waals surface area contributed by atoms with Gasteiger partial charge in [0.25, 0.3) is 0 Å². The molecule has 0 fully saturated rings. The fourth-order valence-corrected chi connectivity index (χ4v) is 0.590. The van der Waals surface area contributed by atoms with Gasteiger partial charge in [-0.25, -0.2) is 4.89 Å². The van der Waals surface area contributed by atoms with Gasteiger partial charge in [-0.3, -0.25) is 5.26 Å². The zero-order valence-corrected chi connectivity index (χ0v) is 5.66. The van der Waals surface area contributed by atoms with Crippen molar-refractivity contribution >= 4 is 0 Å². The van der Waals surface area contributed by atoms with Gasteiger partial charge in [-0.2, -0.15) is 0 Å². The fraction of sp³-hybridized carbons (Fsp3) is 0.667. The lowest BCUT2D eigenvalue weighted by Gasteiger charge is -2.15. The molecule has 0 amide bonds. The molecule has 0 saturated heterocycles. The van der Waals surface area contributed by atoms with Gasteiger partial charge in [0.15, 0.2) is 0 Å². The second-order valence-corrected chi connectivity index (χ2v) is 2.11. The molecule has 0 aliphatic heterocycles. The minimum absolute atomic E-state index is 0.604. The second-order valence-electron chi connectivity index (χ2n) is 2.11. The first-order valence-electron chi connectivity index (χ1n) is 2.73. The summed E-state index contributed by atoms with van der Waals surface area (Å²) in [7, 11) is 0. The molecular formula is C6H12O3. The summed E-state index contributed by atoms with van der Waals surface area (Å²) in [6.07, 6.45) is -1.38. The van der Waals surface area contributed by atoms with E-state index in [4.69, 9.17) is 10.4 Å². The Morgan fingerprint density at radius 2 is 2.11 bits per heavy atom. The largest absolute Gasteiger partial charge is 0.390 e. The van der Waals surface area contributed by atoms with Crippen LogP contribution >= 0.6 is 0 Å². The van der Waals surface area contributed by atoms with Gasteiger partial charge in [-0.1, -0.05) is 6.58 Å². The van der Waals surface area contributed by atoms with Gasteiger partial charge in [0.1, 0.15) is 6.10 Å². The van der Waals surface area contributed by atoms with Crippen LogP contribution in [0.15, 0.2) is 12.2 Å². The third-order valence-electron chi connectivity index (χ3n) is 1.04. The third-order valence-corrected chi connectivity index (χ3v) is 1.04. The molecule has 9 heavy (non-hydrogen) atoms. The predicted octanol–water partition coefficient (Wildman–Crippen LogP) is 0.801. The van der Waals surface area contributed by atoms with Crippen LogP contribution in [0.5, 0.6) is 0 Å². The average molecular weight is 132 g/mol. The number of hydrogen-bond acceptors (Lipinski definition) is 3. The van der Waals surface area contributed by atoms with E-state index in [1.807, 2.05) is 0 Å². The number of aliphatic hydroxyl groups is 1. The molecule has 2 N–H and O–H groups in total. The van der Waals surface area contributed by atoms with E-state index in [-0.39, 0.29) is 0 Å². The molecule has 0 aromatic rings. The van der Waals surface area contributed by atoms with Crippen LogP contribution in [-0.2, 0) is 4.89 Å². The Bertz CT molecular complexity index is 98.5.